The lowest BCUT2D eigenvalue weighted by Gasteiger charge is -1.99. The van der Waals surface area contributed by atoms with Gasteiger partial charge in [0.25, 0.3) is 5.91 Å². The molecule has 0 saturated carbocycles. The molecule has 0 spiro atoms. The van der Waals surface area contributed by atoms with Crippen molar-refractivity contribution in [3.8, 4) is 0 Å². The van der Waals surface area contributed by atoms with Crippen LogP contribution in [0.25, 0.3) is 0 Å². The van der Waals surface area contributed by atoms with Crippen molar-refractivity contribution in [2.24, 2.45) is 0 Å². The molecule has 1 amide bonds. The van der Waals surface area contributed by atoms with Crippen LogP contribution in [-0.2, 0) is 4.74 Å². The van der Waals surface area contributed by atoms with Gasteiger partial charge in [0.2, 0.25) is 0 Å². The van der Waals surface area contributed by atoms with E-state index >= 15 is 0 Å². The maximum atomic E-state index is 11.8. The van der Waals surface area contributed by atoms with Crippen LogP contribution in [-0.4, -0.2) is 28.5 Å². The first-order valence-corrected chi connectivity index (χ1v) is 6.37. The van der Waals surface area contributed by atoms with Crippen LogP contribution in [0.3, 0.4) is 0 Å². The third-order valence-corrected chi connectivity index (χ3v) is 2.99. The molecule has 2 heterocycles. The van der Waals surface area contributed by atoms with Crippen LogP contribution in [0, 0.1) is 0 Å². The number of hydrogen-bond acceptors (Lipinski definition) is 6. The van der Waals surface area contributed by atoms with Crippen LogP contribution in [0.2, 0.25) is 0 Å². The Kier molecular flexibility index (Phi) is 4.19. The quantitative estimate of drug-likeness (QED) is 0.864. The van der Waals surface area contributed by atoms with Gasteiger partial charge in [-0.1, -0.05) is 17.4 Å². The van der Waals surface area contributed by atoms with Gasteiger partial charge in [0.05, 0.1) is 12.8 Å². The maximum Gasteiger partial charge on any atom is 0.350 e. The highest BCUT2D eigenvalue weighted by atomic mass is 32.1. The largest absolute Gasteiger partial charge is 0.462 e. The number of esters is 1. The molecule has 0 radical (unpaired) electrons. The van der Waals surface area contributed by atoms with Crippen LogP contribution >= 0.6 is 11.3 Å². The molecule has 0 bridgehead atoms. The van der Waals surface area contributed by atoms with E-state index in [-0.39, 0.29) is 11.6 Å². The van der Waals surface area contributed by atoms with Crippen molar-refractivity contribution in [3.05, 3.63) is 41.2 Å². The number of thiazole rings is 1. The second kappa shape index (κ2) is 6.05. The van der Waals surface area contributed by atoms with E-state index in [0.717, 1.165) is 11.3 Å². The molecular weight excluding hydrogens is 266 g/mol. The zero-order valence-electron chi connectivity index (χ0n) is 10.1. The predicted octanol–water partition coefficient (Wildman–Crippen LogP) is 1.97. The van der Waals surface area contributed by atoms with Gasteiger partial charge >= 0.3 is 5.97 Å². The van der Waals surface area contributed by atoms with Gasteiger partial charge in [-0.05, 0) is 19.1 Å². The van der Waals surface area contributed by atoms with E-state index in [4.69, 9.17) is 4.74 Å². The molecule has 2 aromatic rings. The van der Waals surface area contributed by atoms with Gasteiger partial charge < -0.3 is 4.74 Å². The predicted molar refractivity (Wildman–Crippen MR) is 70.3 cm³/mol. The molecule has 0 saturated heterocycles. The van der Waals surface area contributed by atoms with Crippen molar-refractivity contribution in [2.45, 2.75) is 6.92 Å². The normalized spacial score (nSPS) is 9.95. The Hall–Kier alpha value is -2.28. The summed E-state index contributed by atoms with van der Waals surface area (Å²) in [5.41, 5.74) is 0.287. The SMILES string of the molecule is CCOC(=O)c1cnc(NC(=O)c2ccccn2)s1. The van der Waals surface area contributed by atoms with E-state index in [1.54, 1.807) is 25.1 Å². The fourth-order valence-corrected chi connectivity index (χ4v) is 1.99. The van der Waals surface area contributed by atoms with E-state index in [0.29, 0.717) is 16.6 Å². The van der Waals surface area contributed by atoms with Gasteiger partial charge in [0.15, 0.2) is 5.13 Å². The first-order valence-electron chi connectivity index (χ1n) is 5.56. The van der Waals surface area contributed by atoms with E-state index in [1.807, 2.05) is 0 Å². The van der Waals surface area contributed by atoms with E-state index in [2.05, 4.69) is 15.3 Å². The van der Waals surface area contributed by atoms with Crippen molar-refractivity contribution >= 4 is 28.3 Å². The molecule has 7 heteroatoms. The van der Waals surface area contributed by atoms with Crippen LogP contribution in [0.1, 0.15) is 27.1 Å². The Morgan fingerprint density at radius 1 is 1.37 bits per heavy atom. The molecule has 0 aliphatic rings. The number of nitrogens with zero attached hydrogens (tertiary/aromatic N) is 2. The van der Waals surface area contributed by atoms with Crippen molar-refractivity contribution < 1.29 is 14.3 Å². The number of anilines is 1. The molecule has 2 aromatic heterocycles. The minimum atomic E-state index is -0.446. The lowest BCUT2D eigenvalue weighted by molar-refractivity contribution is 0.0531. The van der Waals surface area contributed by atoms with Crippen molar-refractivity contribution in [2.75, 3.05) is 11.9 Å². The molecule has 0 unspecified atom stereocenters. The average Bonchev–Trinajstić information content (AvgIpc) is 2.88. The van der Waals surface area contributed by atoms with Crippen molar-refractivity contribution in [1.29, 1.82) is 0 Å². The van der Waals surface area contributed by atoms with E-state index < -0.39 is 5.97 Å². The molecule has 0 aliphatic carbocycles. The summed E-state index contributed by atoms with van der Waals surface area (Å²) >= 11 is 1.06. The topological polar surface area (TPSA) is 81.2 Å². The highest BCUT2D eigenvalue weighted by molar-refractivity contribution is 7.17. The molecule has 0 aromatic carbocycles. The van der Waals surface area contributed by atoms with Crippen LogP contribution < -0.4 is 5.32 Å². The van der Waals surface area contributed by atoms with E-state index in [1.165, 1.54) is 12.4 Å². The van der Waals surface area contributed by atoms with Crippen LogP contribution in [0.4, 0.5) is 5.13 Å². The summed E-state index contributed by atoms with van der Waals surface area (Å²) in [6.07, 6.45) is 2.90. The number of amides is 1. The van der Waals surface area contributed by atoms with Gasteiger partial charge in [0.1, 0.15) is 10.6 Å². The number of nitrogens with one attached hydrogen (secondary N) is 1. The summed E-state index contributed by atoms with van der Waals surface area (Å²) in [5.74, 6) is -0.816. The standard InChI is InChI=1S/C12H11N3O3S/c1-2-18-11(17)9-7-14-12(19-9)15-10(16)8-5-3-4-6-13-8/h3-7H,2H2,1H3,(H,14,15,16). The fraction of sp³-hybridized carbons (Fsp3) is 0.167. The third-order valence-electron chi connectivity index (χ3n) is 2.10. The Bertz CT molecular complexity index is 583. The Labute approximate surface area is 113 Å². The average molecular weight is 277 g/mol. The van der Waals surface area contributed by atoms with Crippen LogP contribution in [0.5, 0.6) is 0 Å². The lowest BCUT2D eigenvalue weighted by atomic mass is 10.3. The first kappa shape index (κ1) is 13.2. The van der Waals surface area contributed by atoms with Crippen molar-refractivity contribution in [1.82, 2.24) is 9.97 Å². The monoisotopic (exact) mass is 277 g/mol. The van der Waals surface area contributed by atoms with Gasteiger partial charge in [-0.25, -0.2) is 9.78 Å². The summed E-state index contributed by atoms with van der Waals surface area (Å²) in [5, 5.41) is 2.91. The fourth-order valence-electron chi connectivity index (χ4n) is 1.29. The molecule has 0 atom stereocenters. The molecule has 1 N–H and O–H groups in total. The minimum Gasteiger partial charge on any atom is -0.462 e. The number of carbonyl (C=O) groups is 2. The Balaban J connectivity index is 2.04. The summed E-state index contributed by atoms with van der Waals surface area (Å²) in [6.45, 7) is 2.02. The summed E-state index contributed by atoms with van der Waals surface area (Å²) in [4.78, 5) is 31.4. The van der Waals surface area contributed by atoms with E-state index in [9.17, 15) is 9.59 Å². The summed E-state index contributed by atoms with van der Waals surface area (Å²) in [7, 11) is 0. The molecule has 2 rings (SSSR count). The zero-order valence-corrected chi connectivity index (χ0v) is 10.9. The third kappa shape index (κ3) is 3.35. The van der Waals surface area contributed by atoms with Gasteiger partial charge in [-0.2, -0.15) is 0 Å². The zero-order chi connectivity index (χ0) is 13.7. The molecule has 0 aliphatic heterocycles. The van der Waals surface area contributed by atoms with Crippen LogP contribution in [0.15, 0.2) is 30.6 Å². The summed E-state index contributed by atoms with van der Waals surface area (Å²) in [6, 6.07) is 5.03. The minimum absolute atomic E-state index is 0.287. The van der Waals surface area contributed by atoms with Gasteiger partial charge in [-0.15, -0.1) is 0 Å². The molecule has 0 fully saturated rings. The first-order chi connectivity index (χ1) is 9.20. The van der Waals surface area contributed by atoms with Crippen molar-refractivity contribution in [3.63, 3.8) is 0 Å². The smallest absolute Gasteiger partial charge is 0.350 e. The Morgan fingerprint density at radius 3 is 2.89 bits per heavy atom. The van der Waals surface area contributed by atoms with Gasteiger partial charge in [-0.3, -0.25) is 15.1 Å². The highest BCUT2D eigenvalue weighted by Crippen LogP contribution is 2.19. The number of aromatic nitrogens is 2. The van der Waals surface area contributed by atoms with Gasteiger partial charge in [0, 0.05) is 6.20 Å². The Morgan fingerprint density at radius 2 is 2.21 bits per heavy atom. The molecule has 6 nitrogen and oxygen atoms in total. The number of rotatable bonds is 4. The number of pyridine rings is 1. The number of carbonyl (C=O) groups excluding carboxylic acids is 2. The lowest BCUT2D eigenvalue weighted by Crippen LogP contribution is -2.12. The highest BCUT2D eigenvalue weighted by Gasteiger charge is 2.14. The second-order valence-electron chi connectivity index (χ2n) is 3.42. The number of ether oxygens (including phenoxy) is 1. The molecule has 98 valence electrons. The maximum absolute atomic E-state index is 11.8. The number of hydrogen-bond donors (Lipinski definition) is 1. The summed E-state index contributed by atoms with van der Waals surface area (Å²) < 4.78 is 4.84. The second-order valence-corrected chi connectivity index (χ2v) is 4.45. The molecule has 19 heavy (non-hydrogen) atoms. The molecular formula is C12H11N3O3S.